The minimum atomic E-state index is -0.296. The van der Waals surface area contributed by atoms with Crippen LogP contribution in [0.25, 0.3) is 0 Å². The normalized spacial score (nSPS) is 10.8. The van der Waals surface area contributed by atoms with Gasteiger partial charge in [0.2, 0.25) is 0 Å². The molecule has 0 fully saturated rings. The molecule has 1 N–H and O–H groups in total. The van der Waals surface area contributed by atoms with E-state index in [-0.39, 0.29) is 12.6 Å². The molecule has 5 heteroatoms. The Morgan fingerprint density at radius 3 is 2.69 bits per heavy atom. The van der Waals surface area contributed by atoms with Crippen LogP contribution < -0.4 is 5.32 Å². The lowest BCUT2D eigenvalue weighted by Gasteiger charge is -2.09. The minimum Gasteiger partial charge on any atom is -0.464 e. The van der Waals surface area contributed by atoms with Crippen LogP contribution in [-0.2, 0) is 14.3 Å². The lowest BCUT2D eigenvalue weighted by atomic mass is 10.4. The van der Waals surface area contributed by atoms with Gasteiger partial charge in [-0.2, -0.15) is 0 Å². The summed E-state index contributed by atoms with van der Waals surface area (Å²) >= 11 is 0. The number of esters is 1. The van der Waals surface area contributed by atoms with Gasteiger partial charge >= 0.3 is 5.97 Å². The van der Waals surface area contributed by atoms with Crippen molar-refractivity contribution >= 4 is 5.97 Å². The summed E-state index contributed by atoms with van der Waals surface area (Å²) in [5, 5.41) is 3.24. The molecule has 0 aliphatic carbocycles. The Bertz CT molecular complexity index is 175. The first-order chi connectivity index (χ1) is 7.66. The van der Waals surface area contributed by atoms with Gasteiger partial charge in [0.1, 0.15) is 6.61 Å². The van der Waals surface area contributed by atoms with Crippen LogP contribution in [0.3, 0.4) is 0 Å². The lowest BCUT2D eigenvalue weighted by Crippen LogP contribution is -2.25. The summed E-state index contributed by atoms with van der Waals surface area (Å²) in [4.78, 5) is 13.0. The van der Waals surface area contributed by atoms with Crippen LogP contribution in [0.2, 0.25) is 0 Å². The standard InChI is InChI=1S/C11H24N2O3/c1-4-16-11(14)10-15-9-7-12-6-5-8-13(2)3/h12H,4-10H2,1-3H3. The molecule has 0 aliphatic rings. The Kier molecular flexibility index (Phi) is 10.4. The molecule has 0 bridgehead atoms. The molecule has 0 unspecified atom stereocenters. The second-order valence-electron chi connectivity index (χ2n) is 3.76. The maximum absolute atomic E-state index is 10.9. The number of carbonyl (C=O) groups excluding carboxylic acids is 1. The molecule has 0 amide bonds. The van der Waals surface area contributed by atoms with Gasteiger partial charge in [-0.05, 0) is 40.5 Å². The van der Waals surface area contributed by atoms with E-state index in [0.717, 1.165) is 26.1 Å². The van der Waals surface area contributed by atoms with Gasteiger partial charge in [-0.25, -0.2) is 4.79 Å². The number of ether oxygens (including phenoxy) is 2. The van der Waals surface area contributed by atoms with Crippen LogP contribution >= 0.6 is 0 Å². The third kappa shape index (κ3) is 11.4. The third-order valence-corrected chi connectivity index (χ3v) is 1.91. The monoisotopic (exact) mass is 232 g/mol. The first kappa shape index (κ1) is 15.3. The third-order valence-electron chi connectivity index (χ3n) is 1.91. The summed E-state index contributed by atoms with van der Waals surface area (Å²) in [6.07, 6.45) is 1.12. The molecule has 0 aromatic rings. The number of carbonyl (C=O) groups is 1. The van der Waals surface area contributed by atoms with Crippen molar-refractivity contribution in [2.45, 2.75) is 13.3 Å². The van der Waals surface area contributed by atoms with E-state index in [9.17, 15) is 4.79 Å². The highest BCUT2D eigenvalue weighted by Crippen LogP contribution is 1.82. The molecule has 16 heavy (non-hydrogen) atoms. The van der Waals surface area contributed by atoms with Crippen molar-refractivity contribution in [3.05, 3.63) is 0 Å². The second kappa shape index (κ2) is 10.9. The Labute approximate surface area is 98.1 Å². The zero-order valence-corrected chi connectivity index (χ0v) is 10.6. The van der Waals surface area contributed by atoms with Gasteiger partial charge < -0.3 is 19.7 Å². The fraction of sp³-hybridized carbons (Fsp3) is 0.909. The fourth-order valence-electron chi connectivity index (χ4n) is 1.15. The molecule has 0 spiro atoms. The van der Waals surface area contributed by atoms with E-state index in [1.54, 1.807) is 6.92 Å². The van der Waals surface area contributed by atoms with Gasteiger partial charge in [0.05, 0.1) is 13.2 Å². The van der Waals surface area contributed by atoms with Crippen molar-refractivity contribution in [1.82, 2.24) is 10.2 Å². The predicted molar refractivity (Wildman–Crippen MR) is 63.5 cm³/mol. The van der Waals surface area contributed by atoms with Gasteiger partial charge in [-0.1, -0.05) is 0 Å². The maximum Gasteiger partial charge on any atom is 0.332 e. The van der Waals surface area contributed by atoms with Gasteiger partial charge in [0.25, 0.3) is 0 Å². The van der Waals surface area contributed by atoms with Crippen LogP contribution in [0.5, 0.6) is 0 Å². The zero-order chi connectivity index (χ0) is 12.2. The quantitative estimate of drug-likeness (QED) is 0.428. The molecule has 0 radical (unpaired) electrons. The molecule has 0 saturated heterocycles. The number of rotatable bonds is 10. The lowest BCUT2D eigenvalue weighted by molar-refractivity contribution is -0.148. The molecular weight excluding hydrogens is 208 g/mol. The summed E-state index contributed by atoms with van der Waals surface area (Å²) in [7, 11) is 4.12. The zero-order valence-electron chi connectivity index (χ0n) is 10.6. The van der Waals surface area contributed by atoms with E-state index >= 15 is 0 Å². The number of nitrogens with one attached hydrogen (secondary N) is 1. The maximum atomic E-state index is 10.9. The Hall–Kier alpha value is -0.650. The summed E-state index contributed by atoms with van der Waals surface area (Å²) < 4.78 is 9.85. The van der Waals surface area contributed by atoms with Crippen LogP contribution in [0.4, 0.5) is 0 Å². The molecule has 5 nitrogen and oxygen atoms in total. The second-order valence-corrected chi connectivity index (χ2v) is 3.76. The summed E-state index contributed by atoms with van der Waals surface area (Å²) in [6, 6.07) is 0. The summed E-state index contributed by atoms with van der Waals surface area (Å²) in [5.41, 5.74) is 0. The predicted octanol–water partition coefficient (Wildman–Crippen LogP) is 0.107. The Morgan fingerprint density at radius 1 is 1.31 bits per heavy atom. The molecule has 0 saturated carbocycles. The van der Waals surface area contributed by atoms with Gasteiger partial charge in [-0.15, -0.1) is 0 Å². The first-order valence-electron chi connectivity index (χ1n) is 5.75. The SMILES string of the molecule is CCOC(=O)COCCNCCCN(C)C. The molecule has 0 heterocycles. The van der Waals surface area contributed by atoms with E-state index in [1.165, 1.54) is 0 Å². The Balaban J connectivity index is 3.07. The highest BCUT2D eigenvalue weighted by atomic mass is 16.6. The van der Waals surface area contributed by atoms with E-state index in [2.05, 4.69) is 24.3 Å². The highest BCUT2D eigenvalue weighted by Gasteiger charge is 2.00. The van der Waals surface area contributed by atoms with Gasteiger partial charge in [-0.3, -0.25) is 0 Å². The van der Waals surface area contributed by atoms with Crippen LogP contribution in [0, 0.1) is 0 Å². The highest BCUT2D eigenvalue weighted by molar-refractivity contribution is 5.70. The fourth-order valence-corrected chi connectivity index (χ4v) is 1.15. The molecule has 96 valence electrons. The summed E-state index contributed by atoms with van der Waals surface area (Å²) in [5.74, 6) is -0.296. The van der Waals surface area contributed by atoms with Crippen LogP contribution in [0.15, 0.2) is 0 Å². The number of nitrogens with zero attached hydrogens (tertiary/aromatic N) is 1. The first-order valence-corrected chi connectivity index (χ1v) is 5.75. The minimum absolute atomic E-state index is 0.0488. The van der Waals surface area contributed by atoms with Crippen LogP contribution in [-0.4, -0.2) is 64.4 Å². The van der Waals surface area contributed by atoms with Crippen molar-refractivity contribution in [1.29, 1.82) is 0 Å². The molecule has 0 rings (SSSR count). The van der Waals surface area contributed by atoms with Crippen molar-refractivity contribution in [3.63, 3.8) is 0 Å². The molecule has 0 aliphatic heterocycles. The number of hydrogen-bond acceptors (Lipinski definition) is 5. The molecule has 0 aromatic heterocycles. The summed E-state index contributed by atoms with van der Waals surface area (Å²) in [6.45, 7) is 5.60. The topological polar surface area (TPSA) is 50.8 Å². The smallest absolute Gasteiger partial charge is 0.332 e. The largest absolute Gasteiger partial charge is 0.464 e. The van der Waals surface area contributed by atoms with Crippen molar-refractivity contribution in [2.75, 3.05) is 53.6 Å². The van der Waals surface area contributed by atoms with E-state index in [1.807, 2.05) is 0 Å². The van der Waals surface area contributed by atoms with Crippen LogP contribution in [0.1, 0.15) is 13.3 Å². The van der Waals surface area contributed by atoms with Crippen molar-refractivity contribution < 1.29 is 14.3 Å². The average Bonchev–Trinajstić information content (AvgIpc) is 2.22. The van der Waals surface area contributed by atoms with E-state index in [4.69, 9.17) is 9.47 Å². The molecule has 0 aromatic carbocycles. The number of hydrogen-bond donors (Lipinski definition) is 1. The molecule has 0 atom stereocenters. The van der Waals surface area contributed by atoms with Crippen molar-refractivity contribution in [3.8, 4) is 0 Å². The van der Waals surface area contributed by atoms with Gasteiger partial charge in [0.15, 0.2) is 0 Å². The average molecular weight is 232 g/mol. The molecular formula is C11H24N2O3. The van der Waals surface area contributed by atoms with E-state index in [0.29, 0.717) is 13.2 Å². The van der Waals surface area contributed by atoms with E-state index < -0.39 is 0 Å². The Morgan fingerprint density at radius 2 is 2.06 bits per heavy atom. The van der Waals surface area contributed by atoms with Gasteiger partial charge in [0, 0.05) is 6.54 Å². The van der Waals surface area contributed by atoms with Crippen molar-refractivity contribution in [2.24, 2.45) is 0 Å².